The second-order valence-electron chi connectivity index (χ2n) is 6.09. The molecular formula is C24H13NO2. The fourth-order valence-corrected chi connectivity index (χ4v) is 3.04. The van der Waals surface area contributed by atoms with Crippen LogP contribution in [-0.2, 0) is 0 Å². The number of fused-ring (bicyclic) bond motifs is 2. The summed E-state index contributed by atoms with van der Waals surface area (Å²) in [5.41, 5.74) is 4.91. The quantitative estimate of drug-likeness (QED) is 0.384. The van der Waals surface area contributed by atoms with Gasteiger partial charge < -0.3 is 0 Å². The Hall–Kier alpha value is -4.08. The van der Waals surface area contributed by atoms with Crippen molar-refractivity contribution >= 4 is 17.5 Å². The van der Waals surface area contributed by atoms with Gasteiger partial charge >= 0.3 is 0 Å². The first kappa shape index (κ1) is 16.4. The van der Waals surface area contributed by atoms with Gasteiger partial charge in [0.1, 0.15) is 0 Å². The molecule has 5 rings (SSSR count). The number of imide groups is 1. The summed E-state index contributed by atoms with van der Waals surface area (Å²) in [6.45, 7) is 0. The number of benzene rings is 3. The van der Waals surface area contributed by atoms with E-state index in [0.29, 0.717) is 22.4 Å². The van der Waals surface area contributed by atoms with Crippen molar-refractivity contribution in [3.8, 4) is 35.8 Å². The number of hydrogen-bond acceptors (Lipinski definition) is 2. The van der Waals surface area contributed by atoms with Crippen LogP contribution in [0, 0.1) is 24.7 Å². The molecule has 126 valence electrons. The lowest BCUT2D eigenvalue weighted by Gasteiger charge is -2.14. The van der Waals surface area contributed by atoms with Crippen LogP contribution in [0.2, 0.25) is 0 Å². The highest BCUT2D eigenvalue weighted by Gasteiger charge is 2.38. The minimum Gasteiger partial charge on any atom is -0.268 e. The van der Waals surface area contributed by atoms with Gasteiger partial charge in [-0.05, 0) is 41.5 Å². The first-order chi connectivity index (χ1) is 13.1. The van der Waals surface area contributed by atoms with E-state index in [2.05, 4.69) is 36.1 Å². The molecular weight excluding hydrogens is 334 g/mol. The molecule has 2 aromatic carbocycles. The van der Waals surface area contributed by atoms with Gasteiger partial charge in [-0.2, -0.15) is 0 Å². The number of carbonyl (C=O) groups excluding carboxylic acids is 2. The minimum absolute atomic E-state index is 0.274. The van der Waals surface area contributed by atoms with Crippen LogP contribution in [0.3, 0.4) is 0 Å². The fourth-order valence-electron chi connectivity index (χ4n) is 3.04. The second-order valence-corrected chi connectivity index (χ2v) is 6.09. The van der Waals surface area contributed by atoms with Crippen molar-refractivity contribution in [1.29, 1.82) is 0 Å². The normalized spacial score (nSPS) is 12.4. The molecule has 2 aromatic rings. The van der Waals surface area contributed by atoms with E-state index in [0.717, 1.165) is 4.90 Å². The van der Waals surface area contributed by atoms with Crippen LogP contribution in [0.25, 0.3) is 11.1 Å². The number of amides is 2. The fraction of sp³-hybridized carbons (Fsp3) is 0. The molecule has 0 atom stereocenters. The summed E-state index contributed by atoms with van der Waals surface area (Å²) in [7, 11) is 0. The Morgan fingerprint density at radius 2 is 1.41 bits per heavy atom. The summed E-state index contributed by atoms with van der Waals surface area (Å²) in [4.78, 5) is 26.1. The SMILES string of the molecule is C#Cc1cccc(N2C(=O)c3cccc(C#C)c3C2=O)c1.c1cc2ccc1-2. The van der Waals surface area contributed by atoms with Gasteiger partial charge in [0.25, 0.3) is 11.8 Å². The predicted octanol–water partition coefficient (Wildman–Crippen LogP) is 4.12. The number of nitrogens with zero attached hydrogens (tertiary/aromatic N) is 1. The van der Waals surface area contributed by atoms with Gasteiger partial charge in [-0.15, -0.1) is 12.8 Å². The van der Waals surface area contributed by atoms with Crippen LogP contribution in [0.4, 0.5) is 5.69 Å². The van der Waals surface area contributed by atoms with Crippen LogP contribution in [0.15, 0.2) is 66.7 Å². The largest absolute Gasteiger partial charge is 0.268 e. The van der Waals surface area contributed by atoms with E-state index >= 15 is 0 Å². The smallest absolute Gasteiger partial charge is 0.267 e. The van der Waals surface area contributed by atoms with Gasteiger partial charge in [0, 0.05) is 11.1 Å². The summed E-state index contributed by atoms with van der Waals surface area (Å²) in [5, 5.41) is 0. The zero-order valence-electron chi connectivity index (χ0n) is 14.3. The Kier molecular flexibility index (Phi) is 3.84. The molecule has 3 nitrogen and oxygen atoms in total. The lowest BCUT2D eigenvalue weighted by atomic mass is 9.95. The number of carbonyl (C=O) groups is 2. The number of anilines is 1. The Balaban J connectivity index is 0.000000250. The van der Waals surface area contributed by atoms with Crippen molar-refractivity contribution < 1.29 is 9.59 Å². The van der Waals surface area contributed by atoms with Gasteiger partial charge in [-0.25, -0.2) is 4.90 Å². The summed E-state index contributed by atoms with van der Waals surface area (Å²) in [5.74, 6) is 4.12. The Labute approximate surface area is 157 Å². The van der Waals surface area contributed by atoms with Crippen molar-refractivity contribution in [2.45, 2.75) is 0 Å². The molecule has 0 fully saturated rings. The number of rotatable bonds is 1. The molecule has 0 radical (unpaired) electrons. The van der Waals surface area contributed by atoms with Crippen LogP contribution in [0.1, 0.15) is 31.8 Å². The predicted molar refractivity (Wildman–Crippen MR) is 105 cm³/mol. The molecule has 0 bridgehead atoms. The number of hydrogen-bond donors (Lipinski definition) is 0. The maximum absolute atomic E-state index is 12.5. The monoisotopic (exact) mass is 347 g/mol. The van der Waals surface area contributed by atoms with E-state index in [1.807, 2.05) is 0 Å². The Morgan fingerprint density at radius 3 is 1.96 bits per heavy atom. The van der Waals surface area contributed by atoms with Crippen LogP contribution in [0.5, 0.6) is 0 Å². The maximum Gasteiger partial charge on any atom is 0.267 e. The Bertz CT molecular complexity index is 1150. The maximum atomic E-state index is 12.5. The molecule has 3 aliphatic rings. The summed E-state index contributed by atoms with van der Waals surface area (Å²) in [6, 6.07) is 20.1. The van der Waals surface area contributed by atoms with E-state index in [1.165, 1.54) is 11.1 Å². The second kappa shape index (κ2) is 6.33. The average molecular weight is 347 g/mol. The van der Waals surface area contributed by atoms with Gasteiger partial charge in [0.05, 0.1) is 16.8 Å². The molecule has 0 unspecified atom stereocenters. The van der Waals surface area contributed by atoms with Crippen molar-refractivity contribution in [2.75, 3.05) is 4.90 Å². The molecule has 0 aromatic heterocycles. The number of terminal acetylenes is 2. The molecule has 0 saturated carbocycles. The van der Waals surface area contributed by atoms with Gasteiger partial charge in [-0.3, -0.25) is 9.59 Å². The Morgan fingerprint density at radius 1 is 0.741 bits per heavy atom. The summed E-state index contributed by atoms with van der Waals surface area (Å²) in [6.07, 6.45) is 10.8. The lowest BCUT2D eigenvalue weighted by Crippen LogP contribution is -2.29. The van der Waals surface area contributed by atoms with Crippen LogP contribution >= 0.6 is 0 Å². The van der Waals surface area contributed by atoms with E-state index in [4.69, 9.17) is 12.8 Å². The van der Waals surface area contributed by atoms with E-state index in [-0.39, 0.29) is 11.5 Å². The van der Waals surface area contributed by atoms with E-state index < -0.39 is 5.91 Å². The molecule has 1 aliphatic heterocycles. The molecule has 3 heteroatoms. The standard InChI is InChI=1S/C18H9NO2.C6H4/c1-3-12-7-5-9-14(11-12)19-17(20)15-10-6-8-13(4-2)16(15)18(19)21;1-2-6-4-3-5(1)6/h1-2,5-11H;1-4H. The molecule has 27 heavy (non-hydrogen) atoms. The zero-order chi connectivity index (χ0) is 19.0. The highest BCUT2D eigenvalue weighted by Crippen LogP contribution is 2.31. The first-order valence-corrected chi connectivity index (χ1v) is 8.29. The lowest BCUT2D eigenvalue weighted by molar-refractivity contribution is 0.0926. The van der Waals surface area contributed by atoms with Crippen molar-refractivity contribution in [3.63, 3.8) is 0 Å². The zero-order valence-corrected chi connectivity index (χ0v) is 14.3. The topological polar surface area (TPSA) is 37.4 Å². The molecule has 0 N–H and O–H groups in total. The van der Waals surface area contributed by atoms with Crippen LogP contribution in [-0.4, -0.2) is 11.8 Å². The molecule has 0 saturated heterocycles. The molecule has 0 spiro atoms. The third kappa shape index (κ3) is 2.59. The third-order valence-electron chi connectivity index (χ3n) is 4.56. The van der Waals surface area contributed by atoms with E-state index in [1.54, 1.807) is 42.5 Å². The molecule has 1 heterocycles. The van der Waals surface area contributed by atoms with Gasteiger partial charge in [0.15, 0.2) is 0 Å². The van der Waals surface area contributed by atoms with Crippen molar-refractivity contribution in [2.24, 2.45) is 0 Å². The van der Waals surface area contributed by atoms with Gasteiger partial charge in [-0.1, -0.05) is 48.2 Å². The summed E-state index contributed by atoms with van der Waals surface area (Å²) < 4.78 is 0. The molecule has 2 aliphatic carbocycles. The van der Waals surface area contributed by atoms with Crippen molar-refractivity contribution in [1.82, 2.24) is 0 Å². The first-order valence-electron chi connectivity index (χ1n) is 8.29. The van der Waals surface area contributed by atoms with E-state index in [9.17, 15) is 9.59 Å². The average Bonchev–Trinajstić information content (AvgIpc) is 2.95. The van der Waals surface area contributed by atoms with Gasteiger partial charge in [0.2, 0.25) is 0 Å². The highest BCUT2D eigenvalue weighted by atomic mass is 16.2. The third-order valence-corrected chi connectivity index (χ3v) is 4.56. The van der Waals surface area contributed by atoms with Crippen molar-refractivity contribution in [3.05, 3.63) is 89.0 Å². The highest BCUT2D eigenvalue weighted by molar-refractivity contribution is 6.35. The molecule has 2 amide bonds. The van der Waals surface area contributed by atoms with Crippen LogP contribution < -0.4 is 4.90 Å². The summed E-state index contributed by atoms with van der Waals surface area (Å²) >= 11 is 0. The minimum atomic E-state index is -0.419.